The highest BCUT2D eigenvalue weighted by Crippen LogP contribution is 2.21. The molecule has 6 heteroatoms. The van der Waals surface area contributed by atoms with Gasteiger partial charge in [-0.2, -0.15) is 0 Å². The summed E-state index contributed by atoms with van der Waals surface area (Å²) in [6.45, 7) is 2.77. The third-order valence-electron chi connectivity index (χ3n) is 1.98. The number of rotatable bonds is 8. The summed E-state index contributed by atoms with van der Waals surface area (Å²) < 4.78 is 1.000. The Labute approximate surface area is 103 Å². The molecular formula is C10H16N2O2S2. The van der Waals surface area contributed by atoms with Crippen LogP contribution in [0.2, 0.25) is 0 Å². The fraction of sp³-hybridized carbons (Fsp3) is 0.600. The Kier molecular flexibility index (Phi) is 6.44. The summed E-state index contributed by atoms with van der Waals surface area (Å²) in [6.07, 6.45) is 3.33. The van der Waals surface area contributed by atoms with Crippen LogP contribution in [0.25, 0.3) is 0 Å². The van der Waals surface area contributed by atoms with Crippen molar-refractivity contribution in [3.8, 4) is 0 Å². The molecule has 0 fully saturated rings. The number of nitrogens with one attached hydrogen (secondary N) is 1. The molecule has 1 heterocycles. The van der Waals surface area contributed by atoms with E-state index >= 15 is 0 Å². The van der Waals surface area contributed by atoms with Gasteiger partial charge in [0.15, 0.2) is 0 Å². The molecule has 0 aliphatic heterocycles. The molecule has 0 radical (unpaired) electrons. The normalized spacial score (nSPS) is 12.6. The van der Waals surface area contributed by atoms with Crippen LogP contribution in [0.15, 0.2) is 15.9 Å². The zero-order chi connectivity index (χ0) is 11.8. The number of hydrogen-bond acceptors (Lipinski definition) is 5. The summed E-state index contributed by atoms with van der Waals surface area (Å²) in [7, 11) is 0. The number of aromatic nitrogens is 1. The van der Waals surface area contributed by atoms with Crippen molar-refractivity contribution in [1.29, 1.82) is 0 Å². The first kappa shape index (κ1) is 13.5. The molecule has 0 saturated carbocycles. The lowest BCUT2D eigenvalue weighted by molar-refractivity contribution is -0.139. The largest absolute Gasteiger partial charge is 0.480 e. The molecule has 0 aromatic carbocycles. The molecule has 90 valence electrons. The first-order valence-electron chi connectivity index (χ1n) is 5.22. The van der Waals surface area contributed by atoms with Gasteiger partial charge in [-0.15, -0.1) is 11.3 Å². The van der Waals surface area contributed by atoms with Gasteiger partial charge in [-0.3, -0.25) is 4.79 Å². The SMILES string of the molecule is CCCNC(CCSc1nccs1)C(=O)O. The first-order valence-corrected chi connectivity index (χ1v) is 7.09. The van der Waals surface area contributed by atoms with Crippen LogP contribution in [0.5, 0.6) is 0 Å². The van der Waals surface area contributed by atoms with Crippen LogP contribution < -0.4 is 5.32 Å². The average molecular weight is 260 g/mol. The minimum Gasteiger partial charge on any atom is -0.480 e. The molecule has 0 bridgehead atoms. The zero-order valence-corrected chi connectivity index (χ0v) is 10.8. The second kappa shape index (κ2) is 7.65. The van der Waals surface area contributed by atoms with E-state index in [1.165, 1.54) is 0 Å². The molecule has 2 N–H and O–H groups in total. The fourth-order valence-corrected chi connectivity index (χ4v) is 2.89. The van der Waals surface area contributed by atoms with Crippen molar-refractivity contribution < 1.29 is 9.90 Å². The number of thiazole rings is 1. The van der Waals surface area contributed by atoms with E-state index in [1.54, 1.807) is 29.3 Å². The van der Waals surface area contributed by atoms with E-state index < -0.39 is 12.0 Å². The highest BCUT2D eigenvalue weighted by atomic mass is 32.2. The summed E-state index contributed by atoms with van der Waals surface area (Å²) in [6, 6.07) is -0.438. The lowest BCUT2D eigenvalue weighted by atomic mass is 10.2. The maximum atomic E-state index is 10.9. The molecule has 0 aliphatic carbocycles. The lowest BCUT2D eigenvalue weighted by Gasteiger charge is -2.12. The molecule has 0 aliphatic rings. The van der Waals surface area contributed by atoms with Crippen molar-refractivity contribution in [2.24, 2.45) is 0 Å². The molecule has 1 aromatic heterocycles. The molecule has 1 rings (SSSR count). The first-order chi connectivity index (χ1) is 7.74. The molecule has 0 amide bonds. The van der Waals surface area contributed by atoms with Crippen molar-refractivity contribution >= 4 is 29.1 Å². The van der Waals surface area contributed by atoms with Gasteiger partial charge in [0, 0.05) is 17.3 Å². The molecule has 1 atom stereocenters. The van der Waals surface area contributed by atoms with E-state index in [1.807, 2.05) is 12.3 Å². The summed E-state index contributed by atoms with van der Waals surface area (Å²) in [5.74, 6) is 0.00877. The quantitative estimate of drug-likeness (QED) is 0.701. The number of carboxylic acid groups (broad SMARTS) is 1. The van der Waals surface area contributed by atoms with E-state index in [0.717, 1.165) is 23.1 Å². The number of carboxylic acids is 1. The van der Waals surface area contributed by atoms with E-state index in [4.69, 9.17) is 5.11 Å². The fourth-order valence-electron chi connectivity index (χ4n) is 1.18. The zero-order valence-electron chi connectivity index (χ0n) is 9.18. The van der Waals surface area contributed by atoms with Gasteiger partial charge in [0.2, 0.25) is 0 Å². The van der Waals surface area contributed by atoms with Crippen molar-refractivity contribution in [2.45, 2.75) is 30.1 Å². The molecule has 0 spiro atoms. The van der Waals surface area contributed by atoms with Gasteiger partial charge in [0.25, 0.3) is 0 Å². The van der Waals surface area contributed by atoms with Gasteiger partial charge >= 0.3 is 5.97 Å². The number of carbonyl (C=O) groups is 1. The third kappa shape index (κ3) is 4.96. The van der Waals surface area contributed by atoms with Gasteiger partial charge < -0.3 is 10.4 Å². The lowest BCUT2D eigenvalue weighted by Crippen LogP contribution is -2.37. The predicted molar refractivity (Wildman–Crippen MR) is 67.2 cm³/mol. The maximum Gasteiger partial charge on any atom is 0.320 e. The van der Waals surface area contributed by atoms with Crippen LogP contribution in [-0.4, -0.2) is 34.4 Å². The van der Waals surface area contributed by atoms with Gasteiger partial charge in [-0.1, -0.05) is 18.7 Å². The Balaban J connectivity index is 2.24. The van der Waals surface area contributed by atoms with Gasteiger partial charge in [0.1, 0.15) is 10.4 Å². The van der Waals surface area contributed by atoms with Crippen molar-refractivity contribution in [3.05, 3.63) is 11.6 Å². The van der Waals surface area contributed by atoms with Crippen molar-refractivity contribution in [2.75, 3.05) is 12.3 Å². The third-order valence-corrected chi connectivity index (χ3v) is 3.98. The minimum atomic E-state index is -0.770. The van der Waals surface area contributed by atoms with E-state index in [9.17, 15) is 4.79 Å². The van der Waals surface area contributed by atoms with Gasteiger partial charge in [-0.05, 0) is 19.4 Å². The molecule has 4 nitrogen and oxygen atoms in total. The predicted octanol–water partition coefficient (Wildman–Crippen LogP) is 2.08. The maximum absolute atomic E-state index is 10.9. The van der Waals surface area contributed by atoms with Crippen molar-refractivity contribution in [1.82, 2.24) is 10.3 Å². The number of nitrogens with zero attached hydrogens (tertiary/aromatic N) is 1. The number of thioether (sulfide) groups is 1. The number of hydrogen-bond donors (Lipinski definition) is 2. The second-order valence-electron chi connectivity index (χ2n) is 3.28. The molecule has 0 saturated heterocycles. The Morgan fingerprint density at radius 1 is 1.75 bits per heavy atom. The van der Waals surface area contributed by atoms with Crippen LogP contribution >= 0.6 is 23.1 Å². The highest BCUT2D eigenvalue weighted by molar-refractivity contribution is 8.00. The standard InChI is InChI=1S/C10H16N2O2S2/c1-2-4-11-8(9(13)14)3-6-15-10-12-5-7-16-10/h5,7-8,11H,2-4,6H2,1H3,(H,13,14). The summed E-state index contributed by atoms with van der Waals surface area (Å²) in [5, 5.41) is 13.9. The Morgan fingerprint density at radius 3 is 3.12 bits per heavy atom. The summed E-state index contributed by atoms with van der Waals surface area (Å²) in [4.78, 5) is 15.0. The molecular weight excluding hydrogens is 244 g/mol. The average Bonchev–Trinajstić information content (AvgIpc) is 2.75. The van der Waals surface area contributed by atoms with Gasteiger partial charge in [0.05, 0.1) is 0 Å². The molecule has 1 aromatic rings. The monoisotopic (exact) mass is 260 g/mol. The van der Waals surface area contributed by atoms with Gasteiger partial charge in [-0.25, -0.2) is 4.98 Å². The van der Waals surface area contributed by atoms with E-state index in [-0.39, 0.29) is 0 Å². The number of aliphatic carboxylic acids is 1. The Hall–Kier alpha value is -0.590. The van der Waals surface area contributed by atoms with Crippen LogP contribution in [0.3, 0.4) is 0 Å². The summed E-state index contributed by atoms with van der Waals surface area (Å²) >= 11 is 3.20. The van der Waals surface area contributed by atoms with Crippen LogP contribution in [0, 0.1) is 0 Å². The second-order valence-corrected chi connectivity index (χ2v) is 5.52. The summed E-state index contributed by atoms with van der Waals surface area (Å²) in [5.41, 5.74) is 0. The van der Waals surface area contributed by atoms with Crippen LogP contribution in [-0.2, 0) is 4.79 Å². The van der Waals surface area contributed by atoms with E-state index in [0.29, 0.717) is 6.42 Å². The molecule has 16 heavy (non-hydrogen) atoms. The Morgan fingerprint density at radius 2 is 2.56 bits per heavy atom. The Bertz CT molecular complexity index is 304. The van der Waals surface area contributed by atoms with Crippen LogP contribution in [0.1, 0.15) is 19.8 Å². The smallest absolute Gasteiger partial charge is 0.320 e. The topological polar surface area (TPSA) is 62.2 Å². The van der Waals surface area contributed by atoms with Crippen molar-refractivity contribution in [3.63, 3.8) is 0 Å². The van der Waals surface area contributed by atoms with E-state index in [2.05, 4.69) is 10.3 Å². The highest BCUT2D eigenvalue weighted by Gasteiger charge is 2.15. The van der Waals surface area contributed by atoms with Crippen LogP contribution in [0.4, 0.5) is 0 Å². The minimum absolute atomic E-state index is 0.438. The molecule has 1 unspecified atom stereocenters.